The summed E-state index contributed by atoms with van der Waals surface area (Å²) < 4.78 is 36.6. The maximum atomic E-state index is 16.5. The van der Waals surface area contributed by atoms with Crippen molar-refractivity contribution in [1.82, 2.24) is 20.2 Å². The zero-order valence-electron chi connectivity index (χ0n) is 21.5. The fourth-order valence-corrected chi connectivity index (χ4v) is 7.42. The molecule has 0 radical (unpaired) electrons. The van der Waals surface area contributed by atoms with Crippen molar-refractivity contribution in [2.45, 2.75) is 37.2 Å². The molecule has 3 fully saturated rings. The smallest absolute Gasteiger partial charge is 0.318 e. The Kier molecular flexibility index (Phi) is 5.95. The predicted molar refractivity (Wildman–Crippen MR) is 150 cm³/mol. The van der Waals surface area contributed by atoms with E-state index >= 15 is 4.39 Å². The zero-order valence-corrected chi connectivity index (χ0v) is 23.1. The first-order chi connectivity index (χ1) is 19.7. The highest BCUT2D eigenvalue weighted by atomic mass is 35.5. The average molecular weight is 598 g/mol. The number of benzene rings is 2. The molecule has 0 aliphatic carbocycles. The number of hydrogen-bond donors (Lipinski definition) is 3. The van der Waals surface area contributed by atoms with Crippen LogP contribution in [0.2, 0.25) is 5.02 Å². The van der Waals surface area contributed by atoms with E-state index in [0.717, 1.165) is 24.2 Å². The predicted octanol–water partition coefficient (Wildman–Crippen LogP) is 3.38. The summed E-state index contributed by atoms with van der Waals surface area (Å²) in [4.78, 5) is 25.6. The molecule has 10 nitrogen and oxygen atoms in total. The highest BCUT2D eigenvalue weighted by Gasteiger charge is 2.50. The number of aliphatic hydroxyl groups is 1. The summed E-state index contributed by atoms with van der Waals surface area (Å²) in [5.41, 5.74) is 6.16. The van der Waals surface area contributed by atoms with Crippen LogP contribution in [0, 0.1) is 23.0 Å². The van der Waals surface area contributed by atoms with Gasteiger partial charge < -0.3 is 25.4 Å². The molecule has 4 aromatic rings. The molecule has 14 heteroatoms. The quantitative estimate of drug-likeness (QED) is 0.301. The van der Waals surface area contributed by atoms with Crippen LogP contribution in [-0.2, 0) is 4.79 Å². The van der Waals surface area contributed by atoms with E-state index in [2.05, 4.69) is 15.3 Å². The molecule has 0 saturated carbocycles. The minimum Gasteiger partial charge on any atom is -0.467 e. The topological polar surface area (TPSA) is 151 Å². The molecular formula is C27H22ClF2N7O3S. The monoisotopic (exact) mass is 597 g/mol. The third-order valence-electron chi connectivity index (χ3n) is 8.08. The number of carbonyl (C=O) groups excluding carboxylic acids is 1. The highest BCUT2D eigenvalue weighted by molar-refractivity contribution is 7.23. The summed E-state index contributed by atoms with van der Waals surface area (Å²) in [6, 6.07) is 5.28. The number of rotatable bonds is 4. The number of anilines is 2. The van der Waals surface area contributed by atoms with Crippen molar-refractivity contribution in [2.75, 3.05) is 30.8 Å². The fraction of sp³-hybridized carbons (Fsp3) is 0.333. The number of methoxy groups -OCH3 is 1. The molecule has 1 amide bonds. The Morgan fingerprint density at radius 2 is 2.00 bits per heavy atom. The Morgan fingerprint density at radius 1 is 1.29 bits per heavy atom. The maximum Gasteiger partial charge on any atom is 0.318 e. The van der Waals surface area contributed by atoms with Crippen molar-refractivity contribution in [2.24, 2.45) is 0 Å². The van der Waals surface area contributed by atoms with Crippen molar-refractivity contribution < 1.29 is 23.4 Å². The third-order valence-corrected chi connectivity index (χ3v) is 9.41. The number of ether oxygens (including phenoxy) is 1. The number of halogens is 3. The van der Waals surface area contributed by atoms with Gasteiger partial charge in [0.2, 0.25) is 5.91 Å². The van der Waals surface area contributed by atoms with Gasteiger partial charge in [0.1, 0.15) is 40.5 Å². The number of nitrogens with one attached hydrogen (secondary N) is 1. The van der Waals surface area contributed by atoms with Gasteiger partial charge in [-0.05, 0) is 30.5 Å². The second-order valence-electron chi connectivity index (χ2n) is 10.4. The second kappa shape index (κ2) is 9.35. The number of aliphatic hydroxyl groups excluding tert-OH is 1. The van der Waals surface area contributed by atoms with E-state index in [4.69, 9.17) is 22.1 Å². The molecule has 41 heavy (non-hydrogen) atoms. The molecule has 2 aromatic carbocycles. The summed E-state index contributed by atoms with van der Waals surface area (Å²) in [7, 11) is 1.38. The number of piperazine rings is 1. The molecule has 210 valence electrons. The molecular weight excluding hydrogens is 576 g/mol. The molecule has 3 aliphatic heterocycles. The molecule has 4 atom stereocenters. The van der Waals surface area contributed by atoms with E-state index in [1.807, 2.05) is 15.9 Å². The van der Waals surface area contributed by atoms with Crippen LogP contribution in [0.15, 0.2) is 18.2 Å². The number of nitrogens with zero attached hydrogens (tertiary/aromatic N) is 5. The van der Waals surface area contributed by atoms with Crippen LogP contribution >= 0.6 is 22.9 Å². The van der Waals surface area contributed by atoms with Crippen molar-refractivity contribution >= 4 is 60.7 Å². The van der Waals surface area contributed by atoms with Gasteiger partial charge in [-0.15, -0.1) is 11.3 Å². The number of nitrogens with two attached hydrogens (primary N) is 1. The van der Waals surface area contributed by atoms with Crippen LogP contribution in [0.5, 0.6) is 6.01 Å². The zero-order chi connectivity index (χ0) is 28.7. The number of aromatic nitrogens is 2. The van der Waals surface area contributed by atoms with Crippen LogP contribution in [0.25, 0.3) is 32.1 Å². The molecule has 5 heterocycles. The van der Waals surface area contributed by atoms with Crippen LogP contribution < -0.4 is 20.7 Å². The first kappa shape index (κ1) is 26.1. The molecule has 2 bridgehead atoms. The SMILES string of the molecule is COc1nc(N2CC3CCC(C2)N3C(=O)[C@H]2N[C@@H]2O)c2cc(Cl)c(-c3ccc(F)c4sc(N)c(C#N)c34)c(F)c2n1. The van der Waals surface area contributed by atoms with Crippen molar-refractivity contribution in [1.29, 1.82) is 5.26 Å². The molecule has 7 rings (SSSR count). The Morgan fingerprint density at radius 3 is 2.63 bits per heavy atom. The summed E-state index contributed by atoms with van der Waals surface area (Å²) in [5.74, 6) is -1.06. The van der Waals surface area contributed by atoms with Gasteiger partial charge >= 0.3 is 6.01 Å². The Labute approximate surface area is 240 Å². The number of carbonyl (C=O) groups is 1. The Hall–Kier alpha value is -3.83. The number of nitrogen functional groups attached to an aromatic ring is 1. The van der Waals surface area contributed by atoms with Gasteiger partial charge in [0, 0.05) is 41.5 Å². The normalized spacial score (nSPS) is 23.3. The second-order valence-corrected chi connectivity index (χ2v) is 11.8. The maximum absolute atomic E-state index is 16.5. The van der Waals surface area contributed by atoms with Gasteiger partial charge in [-0.1, -0.05) is 17.7 Å². The van der Waals surface area contributed by atoms with E-state index in [-0.39, 0.29) is 66.3 Å². The molecule has 0 spiro atoms. The average Bonchev–Trinajstić information content (AvgIpc) is 3.50. The first-order valence-electron chi connectivity index (χ1n) is 12.9. The van der Waals surface area contributed by atoms with Crippen molar-refractivity contribution in [3.05, 3.63) is 40.4 Å². The molecule has 4 N–H and O–H groups in total. The lowest BCUT2D eigenvalue weighted by atomic mass is 9.97. The number of thiophene rings is 1. The van der Waals surface area contributed by atoms with Gasteiger partial charge in [-0.2, -0.15) is 15.2 Å². The summed E-state index contributed by atoms with van der Waals surface area (Å²) in [6.45, 7) is 0.888. The van der Waals surface area contributed by atoms with Gasteiger partial charge in [0.05, 0.1) is 22.4 Å². The fourth-order valence-electron chi connectivity index (χ4n) is 6.18. The summed E-state index contributed by atoms with van der Waals surface area (Å²) in [5, 5.41) is 22.8. The van der Waals surface area contributed by atoms with Crippen LogP contribution in [0.4, 0.5) is 19.6 Å². The number of fused-ring (bicyclic) bond motifs is 4. The molecule has 3 saturated heterocycles. The first-order valence-corrected chi connectivity index (χ1v) is 14.1. The molecule has 2 unspecified atom stereocenters. The number of amides is 1. The summed E-state index contributed by atoms with van der Waals surface area (Å²) >= 11 is 7.64. The van der Waals surface area contributed by atoms with Crippen LogP contribution in [-0.4, -0.2) is 70.4 Å². The van der Waals surface area contributed by atoms with E-state index in [9.17, 15) is 19.6 Å². The largest absolute Gasteiger partial charge is 0.467 e. The lowest BCUT2D eigenvalue weighted by Crippen LogP contribution is -2.57. The van der Waals surface area contributed by atoms with Gasteiger partial charge in [0.25, 0.3) is 0 Å². The van der Waals surface area contributed by atoms with Gasteiger partial charge in [-0.25, -0.2) is 8.78 Å². The standard InChI is InChI=1S/C27H22ClF2N7O3S/c1-40-27-34-20-13(24(35-27)36-8-10-2-3-11(9-36)37(10)26(39)21-25(38)33-21)6-15(28)18(19(20)30)12-4-5-16(29)22-17(12)14(7-31)23(32)41-22/h4-6,10-11,21,25,33,38H,2-3,8-9,32H2,1H3/t10?,11?,21-,25+/m0/s1. The van der Waals surface area contributed by atoms with Crippen molar-refractivity contribution in [3.8, 4) is 23.2 Å². The minimum absolute atomic E-state index is 0.0252. The van der Waals surface area contributed by atoms with Gasteiger partial charge in [-0.3, -0.25) is 10.1 Å². The van der Waals surface area contributed by atoms with Crippen LogP contribution in [0.3, 0.4) is 0 Å². The minimum atomic E-state index is -0.814. The Bertz CT molecular complexity index is 1810. The van der Waals surface area contributed by atoms with E-state index in [1.165, 1.54) is 19.2 Å². The number of hydrogen-bond acceptors (Lipinski definition) is 10. The summed E-state index contributed by atoms with van der Waals surface area (Å²) in [6.07, 6.45) is 0.771. The van der Waals surface area contributed by atoms with E-state index in [1.54, 1.807) is 6.07 Å². The molecule has 2 aromatic heterocycles. The third kappa shape index (κ3) is 3.89. The highest BCUT2D eigenvalue weighted by Crippen LogP contribution is 2.46. The number of nitriles is 1. The van der Waals surface area contributed by atoms with E-state index < -0.39 is 23.9 Å². The van der Waals surface area contributed by atoms with Gasteiger partial charge in [0.15, 0.2) is 5.82 Å². The van der Waals surface area contributed by atoms with Crippen molar-refractivity contribution in [3.63, 3.8) is 0 Å². The lowest BCUT2D eigenvalue weighted by Gasteiger charge is -2.41. The molecule has 3 aliphatic rings. The Balaban J connectivity index is 1.36. The van der Waals surface area contributed by atoms with E-state index in [0.29, 0.717) is 24.3 Å². The van der Waals surface area contributed by atoms with Crippen LogP contribution in [0.1, 0.15) is 18.4 Å². The lowest BCUT2D eigenvalue weighted by molar-refractivity contribution is -0.134.